The molecule has 0 bridgehead atoms. The summed E-state index contributed by atoms with van der Waals surface area (Å²) in [5.41, 5.74) is 4.29. The van der Waals surface area contributed by atoms with Gasteiger partial charge in [0.1, 0.15) is 21.0 Å². The van der Waals surface area contributed by atoms with E-state index in [9.17, 15) is 9.90 Å². The molecule has 0 fully saturated rings. The van der Waals surface area contributed by atoms with Crippen LogP contribution in [0.3, 0.4) is 0 Å². The molecule has 1 aromatic carbocycles. The van der Waals surface area contributed by atoms with E-state index in [0.717, 1.165) is 11.1 Å². The summed E-state index contributed by atoms with van der Waals surface area (Å²) >= 11 is 1.36. The number of aliphatic hydroxyl groups excluding tert-OH is 1. The quantitative estimate of drug-likeness (QED) is 0.483. The number of ether oxygens (including phenoxy) is 1. The zero-order valence-electron chi connectivity index (χ0n) is 17.4. The lowest BCUT2D eigenvalue weighted by atomic mass is 9.84. The molecule has 0 aliphatic carbocycles. The predicted molar refractivity (Wildman–Crippen MR) is 117 cm³/mol. The summed E-state index contributed by atoms with van der Waals surface area (Å²) in [5, 5.41) is 11.6. The van der Waals surface area contributed by atoms with Crippen molar-refractivity contribution in [1.29, 1.82) is 0 Å². The molecule has 0 aliphatic rings. The highest BCUT2D eigenvalue weighted by Gasteiger charge is 2.28. The molecule has 4 rings (SSSR count). The van der Waals surface area contributed by atoms with Crippen LogP contribution >= 0.6 is 11.3 Å². The van der Waals surface area contributed by atoms with Crippen LogP contribution in [0, 0.1) is 12.3 Å². The number of hydrogen-bond donors (Lipinski definition) is 1. The number of methoxy groups -OCH3 is 1. The Morgan fingerprint density at radius 2 is 1.90 bits per heavy atom. The van der Waals surface area contributed by atoms with E-state index in [1.54, 1.807) is 19.4 Å². The second-order valence-electron chi connectivity index (χ2n) is 8.29. The van der Waals surface area contributed by atoms with Gasteiger partial charge in [-0.15, -0.1) is 0 Å². The highest BCUT2D eigenvalue weighted by molar-refractivity contribution is 7.21. The molecule has 1 N–H and O–H groups in total. The van der Waals surface area contributed by atoms with Gasteiger partial charge in [0.25, 0.3) is 0 Å². The van der Waals surface area contributed by atoms with Gasteiger partial charge in [0, 0.05) is 11.1 Å². The molecule has 0 saturated heterocycles. The Morgan fingerprint density at radius 3 is 2.57 bits per heavy atom. The standard InChI is InChI=1S/C22H22N4O3S/c1-11-6-14(17-15(7-11)25-16(29-5)9-23-17)20-26-18-13(19(28)22(2,3)4)8-12(10-27)24-21(18)30-20/h6-10,19,28H,1-5H3. The predicted octanol–water partition coefficient (Wildman–Crippen LogP) is 4.51. The van der Waals surface area contributed by atoms with Crippen molar-refractivity contribution >= 4 is 39.0 Å². The first-order chi connectivity index (χ1) is 14.2. The summed E-state index contributed by atoms with van der Waals surface area (Å²) in [7, 11) is 1.55. The summed E-state index contributed by atoms with van der Waals surface area (Å²) in [6.45, 7) is 7.80. The molecule has 3 heterocycles. The van der Waals surface area contributed by atoms with E-state index in [0.29, 0.717) is 44.1 Å². The normalized spacial score (nSPS) is 13.0. The van der Waals surface area contributed by atoms with Gasteiger partial charge in [0.05, 0.1) is 30.4 Å². The smallest absolute Gasteiger partial charge is 0.232 e. The minimum Gasteiger partial charge on any atom is -0.480 e. The van der Waals surface area contributed by atoms with Crippen molar-refractivity contribution in [2.75, 3.05) is 7.11 Å². The number of thiazole rings is 1. The van der Waals surface area contributed by atoms with Gasteiger partial charge in [-0.1, -0.05) is 32.1 Å². The number of carbonyl (C=O) groups is 1. The van der Waals surface area contributed by atoms with Crippen LogP contribution in [0.4, 0.5) is 0 Å². The van der Waals surface area contributed by atoms with Crippen molar-refractivity contribution in [2.24, 2.45) is 5.41 Å². The minimum atomic E-state index is -0.796. The van der Waals surface area contributed by atoms with E-state index >= 15 is 0 Å². The number of fused-ring (bicyclic) bond motifs is 2. The Labute approximate surface area is 177 Å². The van der Waals surface area contributed by atoms with Gasteiger partial charge in [-0.05, 0) is 36.1 Å². The third-order valence-corrected chi connectivity index (χ3v) is 5.84. The molecule has 1 unspecified atom stereocenters. The van der Waals surface area contributed by atoms with E-state index in [4.69, 9.17) is 9.72 Å². The van der Waals surface area contributed by atoms with Crippen molar-refractivity contribution in [3.05, 3.63) is 41.2 Å². The summed E-state index contributed by atoms with van der Waals surface area (Å²) in [6.07, 6.45) is 1.47. The number of benzene rings is 1. The van der Waals surface area contributed by atoms with Crippen LogP contribution in [0.1, 0.15) is 48.5 Å². The van der Waals surface area contributed by atoms with E-state index in [1.165, 1.54) is 11.3 Å². The fourth-order valence-electron chi connectivity index (χ4n) is 3.31. The van der Waals surface area contributed by atoms with Gasteiger partial charge in [0.15, 0.2) is 6.29 Å². The lowest BCUT2D eigenvalue weighted by Gasteiger charge is -2.26. The minimum absolute atomic E-state index is 0.273. The maximum absolute atomic E-state index is 11.4. The lowest BCUT2D eigenvalue weighted by Crippen LogP contribution is -2.18. The molecular weight excluding hydrogens is 400 g/mol. The zero-order chi connectivity index (χ0) is 21.6. The molecule has 7 nitrogen and oxygen atoms in total. The second-order valence-corrected chi connectivity index (χ2v) is 9.27. The van der Waals surface area contributed by atoms with Gasteiger partial charge < -0.3 is 9.84 Å². The van der Waals surface area contributed by atoms with Crippen LogP contribution in [0.15, 0.2) is 24.4 Å². The molecule has 3 aromatic heterocycles. The van der Waals surface area contributed by atoms with Gasteiger partial charge in [-0.2, -0.15) is 0 Å². The molecule has 1 atom stereocenters. The number of aromatic nitrogens is 4. The fraction of sp³-hybridized carbons (Fsp3) is 0.318. The van der Waals surface area contributed by atoms with E-state index in [2.05, 4.69) is 15.0 Å². The summed E-state index contributed by atoms with van der Waals surface area (Å²) < 4.78 is 5.20. The zero-order valence-corrected chi connectivity index (χ0v) is 18.2. The highest BCUT2D eigenvalue weighted by atomic mass is 32.1. The molecule has 30 heavy (non-hydrogen) atoms. The van der Waals surface area contributed by atoms with Crippen LogP contribution in [-0.2, 0) is 0 Å². The Balaban J connectivity index is 1.98. The van der Waals surface area contributed by atoms with Crippen molar-refractivity contribution in [3.8, 4) is 16.5 Å². The van der Waals surface area contributed by atoms with Crippen LogP contribution in [0.25, 0.3) is 32.0 Å². The largest absolute Gasteiger partial charge is 0.480 e. The van der Waals surface area contributed by atoms with E-state index in [1.807, 2.05) is 39.8 Å². The number of aryl methyl sites for hydroxylation is 1. The van der Waals surface area contributed by atoms with Crippen molar-refractivity contribution in [2.45, 2.75) is 33.8 Å². The molecule has 0 radical (unpaired) electrons. The van der Waals surface area contributed by atoms with Crippen molar-refractivity contribution in [1.82, 2.24) is 19.9 Å². The molecule has 4 aromatic rings. The summed E-state index contributed by atoms with van der Waals surface area (Å²) in [4.78, 5) is 30.3. The molecule has 0 spiro atoms. The number of aldehydes is 1. The summed E-state index contributed by atoms with van der Waals surface area (Å²) in [6, 6.07) is 5.56. The topological polar surface area (TPSA) is 98.1 Å². The maximum atomic E-state index is 11.4. The average Bonchev–Trinajstić information content (AvgIpc) is 3.14. The molecule has 0 saturated carbocycles. The third-order valence-electron chi connectivity index (χ3n) is 4.86. The third kappa shape index (κ3) is 3.53. The number of carbonyl (C=O) groups excluding carboxylic acids is 1. The Bertz CT molecular complexity index is 1280. The fourth-order valence-corrected chi connectivity index (χ4v) is 4.31. The number of pyridine rings is 1. The van der Waals surface area contributed by atoms with E-state index < -0.39 is 11.5 Å². The lowest BCUT2D eigenvalue weighted by molar-refractivity contribution is 0.0637. The van der Waals surface area contributed by atoms with Gasteiger partial charge in [-0.3, -0.25) is 4.79 Å². The number of rotatable bonds is 4. The highest BCUT2D eigenvalue weighted by Crippen LogP contribution is 2.40. The SMILES string of the molecule is COc1cnc2c(-c3nc4c(C(O)C(C)(C)C)cc(C=O)nc4s3)cc(C)cc2n1. The van der Waals surface area contributed by atoms with Gasteiger partial charge in [-0.25, -0.2) is 19.9 Å². The Kier molecular flexibility index (Phi) is 4.99. The first kappa shape index (κ1) is 20.3. The molecule has 0 aliphatic heterocycles. The summed E-state index contributed by atoms with van der Waals surface area (Å²) in [5.74, 6) is 0.441. The Morgan fingerprint density at radius 1 is 1.13 bits per heavy atom. The number of aliphatic hydroxyl groups is 1. The van der Waals surface area contributed by atoms with Crippen LogP contribution < -0.4 is 4.74 Å². The molecule has 0 amide bonds. The van der Waals surface area contributed by atoms with Gasteiger partial charge in [0.2, 0.25) is 5.88 Å². The van der Waals surface area contributed by atoms with Crippen LogP contribution in [0.2, 0.25) is 0 Å². The van der Waals surface area contributed by atoms with E-state index in [-0.39, 0.29) is 5.69 Å². The second kappa shape index (κ2) is 7.37. The monoisotopic (exact) mass is 422 g/mol. The molecule has 8 heteroatoms. The number of hydrogen-bond acceptors (Lipinski definition) is 8. The van der Waals surface area contributed by atoms with Crippen molar-refractivity contribution in [3.63, 3.8) is 0 Å². The first-order valence-electron chi connectivity index (χ1n) is 9.47. The van der Waals surface area contributed by atoms with Crippen molar-refractivity contribution < 1.29 is 14.6 Å². The molecular formula is C22H22N4O3S. The van der Waals surface area contributed by atoms with Gasteiger partial charge >= 0.3 is 0 Å². The average molecular weight is 423 g/mol. The first-order valence-corrected chi connectivity index (χ1v) is 10.3. The Hall–Kier alpha value is -2.97. The van der Waals surface area contributed by atoms with Crippen LogP contribution in [-0.4, -0.2) is 38.4 Å². The molecule has 154 valence electrons. The van der Waals surface area contributed by atoms with Crippen LogP contribution in [0.5, 0.6) is 5.88 Å². The maximum Gasteiger partial charge on any atom is 0.232 e. The number of nitrogens with zero attached hydrogens (tertiary/aromatic N) is 4.